The molecule has 0 radical (unpaired) electrons. The zero-order chi connectivity index (χ0) is 13.1. The third kappa shape index (κ3) is 3.36. The Morgan fingerprint density at radius 2 is 2.06 bits per heavy atom. The number of sulfonamides is 1. The van der Waals surface area contributed by atoms with Crippen LogP contribution in [0.3, 0.4) is 0 Å². The molecule has 1 aromatic rings. The number of hydrogen-bond acceptors (Lipinski definition) is 4. The number of rotatable bonds is 4. The van der Waals surface area contributed by atoms with Gasteiger partial charge in [-0.2, -0.15) is 0 Å². The van der Waals surface area contributed by atoms with Gasteiger partial charge in [0, 0.05) is 0 Å². The number of amidine groups is 1. The molecular weight excluding hydrogens is 256 g/mol. The van der Waals surface area contributed by atoms with Gasteiger partial charge in [0.05, 0.1) is 11.4 Å². The lowest BCUT2D eigenvalue weighted by Crippen LogP contribution is -2.33. The van der Waals surface area contributed by atoms with E-state index in [1.807, 2.05) is 4.72 Å². The highest BCUT2D eigenvalue weighted by molar-refractivity contribution is 7.89. The maximum absolute atomic E-state index is 12.8. The first-order valence-electron chi connectivity index (χ1n) is 4.28. The molecule has 0 unspecified atom stereocenters. The minimum atomic E-state index is -4.03. The molecule has 9 heteroatoms. The van der Waals surface area contributed by atoms with Crippen molar-refractivity contribution in [1.29, 1.82) is 0 Å². The van der Waals surface area contributed by atoms with Gasteiger partial charge in [0.1, 0.15) is 0 Å². The van der Waals surface area contributed by atoms with Crippen LogP contribution in [0.25, 0.3) is 0 Å². The van der Waals surface area contributed by atoms with E-state index in [4.69, 9.17) is 10.9 Å². The van der Waals surface area contributed by atoms with Crippen molar-refractivity contribution in [3.63, 3.8) is 0 Å². The molecule has 0 spiro atoms. The third-order valence-electron chi connectivity index (χ3n) is 1.77. The Labute approximate surface area is 95.8 Å². The van der Waals surface area contributed by atoms with Gasteiger partial charge in [-0.3, -0.25) is 0 Å². The van der Waals surface area contributed by atoms with E-state index in [0.29, 0.717) is 12.1 Å². The fourth-order valence-electron chi connectivity index (χ4n) is 0.932. The monoisotopic (exact) mass is 265 g/mol. The molecule has 0 amide bonds. The first-order valence-corrected chi connectivity index (χ1v) is 5.76. The van der Waals surface area contributed by atoms with Gasteiger partial charge in [-0.15, -0.1) is 0 Å². The minimum Gasteiger partial charge on any atom is -0.409 e. The number of hydrogen-bond donors (Lipinski definition) is 3. The van der Waals surface area contributed by atoms with E-state index < -0.39 is 33.1 Å². The Morgan fingerprint density at radius 1 is 1.41 bits per heavy atom. The van der Waals surface area contributed by atoms with Crippen LogP contribution >= 0.6 is 0 Å². The van der Waals surface area contributed by atoms with E-state index in [9.17, 15) is 17.2 Å². The molecule has 17 heavy (non-hydrogen) atoms. The van der Waals surface area contributed by atoms with Crippen molar-refractivity contribution in [2.24, 2.45) is 10.9 Å². The highest BCUT2D eigenvalue weighted by Crippen LogP contribution is 2.13. The van der Waals surface area contributed by atoms with Crippen LogP contribution in [0.5, 0.6) is 0 Å². The van der Waals surface area contributed by atoms with E-state index in [0.717, 1.165) is 6.07 Å². The molecule has 0 bridgehead atoms. The highest BCUT2D eigenvalue weighted by atomic mass is 32.2. The van der Waals surface area contributed by atoms with Gasteiger partial charge >= 0.3 is 0 Å². The fourth-order valence-corrected chi connectivity index (χ4v) is 1.94. The fraction of sp³-hybridized carbons (Fsp3) is 0.125. The molecule has 1 rings (SSSR count). The highest BCUT2D eigenvalue weighted by Gasteiger charge is 2.16. The van der Waals surface area contributed by atoms with Crippen molar-refractivity contribution >= 4 is 15.9 Å². The number of nitrogens with one attached hydrogen (secondary N) is 1. The predicted octanol–water partition coefficient (Wildman–Crippen LogP) is -0.0105. The van der Waals surface area contributed by atoms with Crippen molar-refractivity contribution in [1.82, 2.24) is 4.72 Å². The van der Waals surface area contributed by atoms with Crippen molar-refractivity contribution in [3.8, 4) is 0 Å². The Hall–Kier alpha value is -1.74. The minimum absolute atomic E-state index is 0.365. The molecule has 0 atom stereocenters. The molecule has 0 heterocycles. The summed E-state index contributed by atoms with van der Waals surface area (Å²) in [6, 6.07) is 2.12. The molecule has 0 aromatic heterocycles. The van der Waals surface area contributed by atoms with Gasteiger partial charge in [-0.25, -0.2) is 21.9 Å². The number of halogens is 2. The molecule has 0 saturated heterocycles. The topological polar surface area (TPSA) is 105 Å². The van der Waals surface area contributed by atoms with Crippen LogP contribution in [0.4, 0.5) is 8.78 Å². The van der Waals surface area contributed by atoms with Crippen LogP contribution < -0.4 is 10.5 Å². The van der Waals surface area contributed by atoms with Gasteiger partial charge in [0.15, 0.2) is 17.5 Å². The van der Waals surface area contributed by atoms with Crippen LogP contribution in [0, 0.1) is 11.6 Å². The first-order chi connectivity index (χ1) is 7.86. The second-order valence-electron chi connectivity index (χ2n) is 2.99. The van der Waals surface area contributed by atoms with Crippen LogP contribution in [-0.2, 0) is 10.0 Å². The van der Waals surface area contributed by atoms with Crippen LogP contribution in [0.15, 0.2) is 28.3 Å². The molecule has 1 aromatic carbocycles. The molecule has 0 aliphatic heterocycles. The van der Waals surface area contributed by atoms with E-state index in [1.165, 1.54) is 0 Å². The Bertz CT molecular complexity index is 545. The summed E-state index contributed by atoms with van der Waals surface area (Å²) < 4.78 is 50.4. The summed E-state index contributed by atoms with van der Waals surface area (Å²) in [6.07, 6.45) is 0. The molecule has 0 saturated carbocycles. The maximum Gasteiger partial charge on any atom is 0.241 e. The molecule has 0 fully saturated rings. The third-order valence-corrected chi connectivity index (χ3v) is 3.17. The van der Waals surface area contributed by atoms with Gasteiger partial charge in [0.2, 0.25) is 10.0 Å². The second-order valence-corrected chi connectivity index (χ2v) is 4.76. The van der Waals surface area contributed by atoms with Crippen molar-refractivity contribution in [2.45, 2.75) is 4.90 Å². The molecule has 4 N–H and O–H groups in total. The van der Waals surface area contributed by atoms with Gasteiger partial charge in [0.25, 0.3) is 0 Å². The predicted molar refractivity (Wildman–Crippen MR) is 55.0 cm³/mol. The average molecular weight is 265 g/mol. The Balaban J connectivity index is 2.94. The number of oxime groups is 1. The zero-order valence-corrected chi connectivity index (χ0v) is 9.21. The van der Waals surface area contributed by atoms with Gasteiger partial charge in [-0.1, -0.05) is 5.16 Å². The molecule has 0 aliphatic carbocycles. The number of nitrogens with zero attached hydrogens (tertiary/aromatic N) is 1. The lowest BCUT2D eigenvalue weighted by atomic mass is 10.3. The molecule has 94 valence electrons. The van der Waals surface area contributed by atoms with Gasteiger partial charge in [-0.05, 0) is 18.2 Å². The van der Waals surface area contributed by atoms with E-state index in [-0.39, 0.29) is 5.84 Å². The summed E-state index contributed by atoms with van der Waals surface area (Å²) in [5.41, 5.74) is 5.05. The standard InChI is InChI=1S/C8H9F2N3O3S/c9-6-2-1-5(3-7(6)10)17(15,16)12-4-8(11)13-14/h1-3,12,14H,4H2,(H2,11,13). The molecule has 0 aliphatic rings. The summed E-state index contributed by atoms with van der Waals surface area (Å²) in [4.78, 5) is -0.456. The Morgan fingerprint density at radius 3 is 2.59 bits per heavy atom. The SMILES string of the molecule is N/C(CNS(=O)(=O)c1ccc(F)c(F)c1)=N\O. The normalized spacial score (nSPS) is 12.7. The summed E-state index contributed by atoms with van der Waals surface area (Å²) in [7, 11) is -4.03. The van der Waals surface area contributed by atoms with Gasteiger partial charge < -0.3 is 10.9 Å². The summed E-state index contributed by atoms with van der Waals surface area (Å²) in [5.74, 6) is -2.80. The lowest BCUT2D eigenvalue weighted by Gasteiger charge is -2.05. The largest absolute Gasteiger partial charge is 0.409 e. The first kappa shape index (κ1) is 13.3. The number of benzene rings is 1. The Kier molecular flexibility index (Phi) is 3.97. The summed E-state index contributed by atoms with van der Waals surface area (Å²) >= 11 is 0. The summed E-state index contributed by atoms with van der Waals surface area (Å²) in [6.45, 7) is -0.447. The van der Waals surface area contributed by atoms with E-state index in [1.54, 1.807) is 0 Å². The molecular formula is C8H9F2N3O3S. The van der Waals surface area contributed by atoms with Crippen molar-refractivity contribution < 1.29 is 22.4 Å². The summed E-state index contributed by atoms with van der Waals surface area (Å²) in [5, 5.41) is 10.8. The van der Waals surface area contributed by atoms with Crippen molar-refractivity contribution in [3.05, 3.63) is 29.8 Å². The average Bonchev–Trinajstić information content (AvgIpc) is 2.29. The van der Waals surface area contributed by atoms with E-state index >= 15 is 0 Å². The van der Waals surface area contributed by atoms with Crippen molar-refractivity contribution in [2.75, 3.05) is 6.54 Å². The van der Waals surface area contributed by atoms with Crippen LogP contribution in [-0.4, -0.2) is 26.0 Å². The quantitative estimate of drug-likeness (QED) is 0.308. The lowest BCUT2D eigenvalue weighted by molar-refractivity contribution is 0.317. The molecule has 6 nitrogen and oxygen atoms in total. The smallest absolute Gasteiger partial charge is 0.241 e. The zero-order valence-electron chi connectivity index (χ0n) is 8.39. The second kappa shape index (κ2) is 5.06. The maximum atomic E-state index is 12.8. The van der Waals surface area contributed by atoms with Crippen LogP contribution in [0.2, 0.25) is 0 Å². The van der Waals surface area contributed by atoms with E-state index in [2.05, 4.69) is 5.16 Å². The number of nitrogens with two attached hydrogens (primary N) is 1. The van der Waals surface area contributed by atoms with Crippen LogP contribution in [0.1, 0.15) is 0 Å².